The van der Waals surface area contributed by atoms with E-state index in [1.165, 1.54) is 0 Å². The van der Waals surface area contributed by atoms with Gasteiger partial charge in [-0.2, -0.15) is 0 Å². The summed E-state index contributed by atoms with van der Waals surface area (Å²) in [6.07, 6.45) is 12.3. The van der Waals surface area contributed by atoms with Crippen molar-refractivity contribution in [3.63, 3.8) is 0 Å². The third kappa shape index (κ3) is 5.88. The predicted molar refractivity (Wildman–Crippen MR) is 80.3 cm³/mol. The standard InChI is InChI=1S/C16H27NO3/c17-11-13(7-3-1-2-4-10-16(19)20)15-9-6-5-8-14(15)12-18/h5-6,8,13,15,18H,1-4,7,9-12,17H2,(H,19,20)/t13?,15-/m0/s1. The second-order valence-electron chi connectivity index (χ2n) is 5.51. The summed E-state index contributed by atoms with van der Waals surface area (Å²) in [6, 6.07) is 0. The number of aliphatic carboxylic acids is 1. The predicted octanol–water partition coefficient (Wildman–Crippen LogP) is 2.48. The van der Waals surface area contributed by atoms with Crippen LogP contribution in [0.25, 0.3) is 0 Å². The average molecular weight is 281 g/mol. The number of rotatable bonds is 10. The van der Waals surface area contributed by atoms with Gasteiger partial charge in [0, 0.05) is 6.42 Å². The van der Waals surface area contributed by atoms with Gasteiger partial charge in [0.05, 0.1) is 6.61 Å². The Hall–Kier alpha value is -1.13. The Morgan fingerprint density at radius 1 is 1.35 bits per heavy atom. The average Bonchev–Trinajstić information content (AvgIpc) is 2.46. The van der Waals surface area contributed by atoms with Crippen molar-refractivity contribution in [2.75, 3.05) is 13.2 Å². The number of aliphatic hydroxyl groups is 1. The van der Waals surface area contributed by atoms with Crippen LogP contribution < -0.4 is 5.73 Å². The lowest BCUT2D eigenvalue weighted by molar-refractivity contribution is -0.137. The Kier molecular flexibility index (Phi) is 8.23. The van der Waals surface area contributed by atoms with Gasteiger partial charge in [-0.1, -0.05) is 37.5 Å². The molecule has 0 radical (unpaired) electrons. The Morgan fingerprint density at radius 3 is 2.75 bits per heavy atom. The van der Waals surface area contributed by atoms with Crippen LogP contribution in [0.5, 0.6) is 0 Å². The molecule has 0 aromatic heterocycles. The van der Waals surface area contributed by atoms with Crippen molar-refractivity contribution in [3.8, 4) is 0 Å². The number of carboxylic acid groups (broad SMARTS) is 1. The molecule has 0 saturated carbocycles. The molecule has 1 unspecified atom stereocenters. The normalized spacial score (nSPS) is 19.7. The maximum atomic E-state index is 10.4. The summed E-state index contributed by atoms with van der Waals surface area (Å²) in [7, 11) is 0. The van der Waals surface area contributed by atoms with Crippen molar-refractivity contribution in [2.45, 2.75) is 44.9 Å². The molecule has 0 fully saturated rings. The Labute approximate surface area is 121 Å². The highest BCUT2D eigenvalue weighted by Crippen LogP contribution is 2.30. The van der Waals surface area contributed by atoms with E-state index in [2.05, 4.69) is 6.08 Å². The first-order chi connectivity index (χ1) is 9.69. The Bertz CT molecular complexity index is 350. The minimum Gasteiger partial charge on any atom is -0.481 e. The highest BCUT2D eigenvalue weighted by molar-refractivity contribution is 5.66. The summed E-state index contributed by atoms with van der Waals surface area (Å²) in [5.74, 6) is 0.0726. The number of carboxylic acids is 1. The van der Waals surface area contributed by atoms with Crippen molar-refractivity contribution in [3.05, 3.63) is 23.8 Å². The zero-order chi connectivity index (χ0) is 14.8. The molecule has 0 aromatic carbocycles. The molecule has 0 bridgehead atoms. The molecule has 114 valence electrons. The molecule has 0 heterocycles. The lowest BCUT2D eigenvalue weighted by Crippen LogP contribution is -2.26. The van der Waals surface area contributed by atoms with E-state index in [9.17, 15) is 9.90 Å². The summed E-state index contributed by atoms with van der Waals surface area (Å²) >= 11 is 0. The molecule has 1 rings (SSSR count). The fourth-order valence-corrected chi connectivity index (χ4v) is 2.88. The van der Waals surface area contributed by atoms with Crippen molar-refractivity contribution < 1.29 is 15.0 Å². The fourth-order valence-electron chi connectivity index (χ4n) is 2.88. The van der Waals surface area contributed by atoms with Gasteiger partial charge >= 0.3 is 5.97 Å². The van der Waals surface area contributed by atoms with Crippen LogP contribution in [0, 0.1) is 11.8 Å². The van der Waals surface area contributed by atoms with Crippen molar-refractivity contribution in [1.29, 1.82) is 0 Å². The largest absolute Gasteiger partial charge is 0.481 e. The zero-order valence-corrected chi connectivity index (χ0v) is 12.1. The zero-order valence-electron chi connectivity index (χ0n) is 12.1. The molecule has 0 amide bonds. The first-order valence-corrected chi connectivity index (χ1v) is 7.57. The molecule has 4 heteroatoms. The summed E-state index contributed by atoms with van der Waals surface area (Å²) in [6.45, 7) is 0.759. The number of carbonyl (C=O) groups is 1. The van der Waals surface area contributed by atoms with Gasteiger partial charge in [-0.05, 0) is 43.2 Å². The second kappa shape index (κ2) is 9.72. The number of hydrogen-bond acceptors (Lipinski definition) is 3. The van der Waals surface area contributed by atoms with Crippen LogP contribution >= 0.6 is 0 Å². The molecule has 1 aliphatic rings. The van der Waals surface area contributed by atoms with Crippen molar-refractivity contribution >= 4 is 5.97 Å². The molecule has 20 heavy (non-hydrogen) atoms. The van der Waals surface area contributed by atoms with Crippen LogP contribution in [-0.2, 0) is 4.79 Å². The Morgan fingerprint density at radius 2 is 2.10 bits per heavy atom. The highest BCUT2D eigenvalue weighted by atomic mass is 16.4. The van der Waals surface area contributed by atoms with Crippen LogP contribution in [0.4, 0.5) is 0 Å². The molecular formula is C16H27NO3. The SMILES string of the molecule is NCC(CCCCCCC(=O)O)[C@@H]1CC=CC=C1CO. The first kappa shape index (κ1) is 16.9. The monoisotopic (exact) mass is 281 g/mol. The van der Waals surface area contributed by atoms with Crippen LogP contribution in [-0.4, -0.2) is 29.3 Å². The minimum atomic E-state index is -0.712. The van der Waals surface area contributed by atoms with Gasteiger partial charge in [0.25, 0.3) is 0 Å². The topological polar surface area (TPSA) is 83.6 Å². The van der Waals surface area contributed by atoms with E-state index < -0.39 is 5.97 Å². The fraction of sp³-hybridized carbons (Fsp3) is 0.688. The van der Waals surface area contributed by atoms with E-state index >= 15 is 0 Å². The van der Waals surface area contributed by atoms with Gasteiger partial charge in [0.2, 0.25) is 0 Å². The van der Waals surface area contributed by atoms with E-state index in [4.69, 9.17) is 10.8 Å². The molecule has 4 nitrogen and oxygen atoms in total. The minimum absolute atomic E-state index is 0.115. The lowest BCUT2D eigenvalue weighted by atomic mass is 9.78. The van der Waals surface area contributed by atoms with E-state index in [1.54, 1.807) is 0 Å². The van der Waals surface area contributed by atoms with E-state index in [0.29, 0.717) is 18.4 Å². The van der Waals surface area contributed by atoms with E-state index in [0.717, 1.165) is 44.1 Å². The molecule has 1 aliphatic carbocycles. The smallest absolute Gasteiger partial charge is 0.303 e. The number of hydrogen-bond donors (Lipinski definition) is 3. The van der Waals surface area contributed by atoms with Crippen LogP contribution in [0.3, 0.4) is 0 Å². The number of nitrogens with two attached hydrogens (primary N) is 1. The molecule has 2 atom stereocenters. The third-order valence-electron chi connectivity index (χ3n) is 4.08. The quantitative estimate of drug-likeness (QED) is 0.537. The third-order valence-corrected chi connectivity index (χ3v) is 4.08. The van der Waals surface area contributed by atoms with Crippen molar-refractivity contribution in [2.24, 2.45) is 17.6 Å². The molecule has 4 N–H and O–H groups in total. The lowest BCUT2D eigenvalue weighted by Gasteiger charge is -2.28. The van der Waals surface area contributed by atoms with Gasteiger partial charge in [-0.25, -0.2) is 0 Å². The van der Waals surface area contributed by atoms with E-state index in [1.807, 2.05) is 12.2 Å². The van der Waals surface area contributed by atoms with E-state index in [-0.39, 0.29) is 13.0 Å². The van der Waals surface area contributed by atoms with Crippen molar-refractivity contribution in [1.82, 2.24) is 0 Å². The molecule has 0 aliphatic heterocycles. The molecular weight excluding hydrogens is 254 g/mol. The second-order valence-corrected chi connectivity index (χ2v) is 5.51. The van der Waals surface area contributed by atoms with Gasteiger partial charge < -0.3 is 15.9 Å². The Balaban J connectivity index is 2.27. The maximum absolute atomic E-state index is 10.4. The maximum Gasteiger partial charge on any atom is 0.303 e. The molecule has 0 spiro atoms. The molecule has 0 aromatic rings. The van der Waals surface area contributed by atoms with Crippen LogP contribution in [0.15, 0.2) is 23.8 Å². The number of unbranched alkanes of at least 4 members (excludes halogenated alkanes) is 3. The van der Waals surface area contributed by atoms with Crippen LogP contribution in [0.1, 0.15) is 44.9 Å². The summed E-state index contributed by atoms with van der Waals surface area (Å²) < 4.78 is 0. The number of allylic oxidation sites excluding steroid dienone is 3. The van der Waals surface area contributed by atoms with Gasteiger partial charge in [0.15, 0.2) is 0 Å². The first-order valence-electron chi connectivity index (χ1n) is 7.57. The van der Waals surface area contributed by atoms with Gasteiger partial charge in [0.1, 0.15) is 0 Å². The van der Waals surface area contributed by atoms with Crippen LogP contribution in [0.2, 0.25) is 0 Å². The summed E-state index contributed by atoms with van der Waals surface area (Å²) in [5.41, 5.74) is 6.98. The van der Waals surface area contributed by atoms with Gasteiger partial charge in [-0.15, -0.1) is 0 Å². The molecule has 0 saturated heterocycles. The van der Waals surface area contributed by atoms with Gasteiger partial charge in [-0.3, -0.25) is 4.79 Å². The summed E-state index contributed by atoms with van der Waals surface area (Å²) in [4.78, 5) is 10.4. The summed E-state index contributed by atoms with van der Waals surface area (Å²) in [5, 5.41) is 18.0. The highest BCUT2D eigenvalue weighted by Gasteiger charge is 2.23. The number of aliphatic hydroxyl groups excluding tert-OH is 1.